The topological polar surface area (TPSA) is 61.4 Å². The van der Waals surface area contributed by atoms with E-state index in [1.165, 1.54) is 23.1 Å². The van der Waals surface area contributed by atoms with E-state index >= 15 is 0 Å². The van der Waals surface area contributed by atoms with Crippen LogP contribution in [0.3, 0.4) is 0 Å². The highest BCUT2D eigenvalue weighted by Crippen LogP contribution is 2.34. The van der Waals surface area contributed by atoms with Gasteiger partial charge in [-0.05, 0) is 26.1 Å². The molecule has 0 saturated carbocycles. The molecule has 0 bridgehead atoms. The lowest BCUT2D eigenvalue weighted by Crippen LogP contribution is -2.44. The number of para-hydroxylation sites is 1. The van der Waals surface area contributed by atoms with E-state index in [9.17, 15) is 4.79 Å². The Morgan fingerprint density at radius 2 is 2.08 bits per heavy atom. The van der Waals surface area contributed by atoms with Crippen LogP contribution in [0.2, 0.25) is 5.02 Å². The van der Waals surface area contributed by atoms with Crippen molar-refractivity contribution in [2.24, 2.45) is 0 Å². The Morgan fingerprint density at radius 1 is 1.32 bits per heavy atom. The van der Waals surface area contributed by atoms with Crippen molar-refractivity contribution >= 4 is 52.0 Å². The maximum absolute atomic E-state index is 12.3. The van der Waals surface area contributed by atoms with Crippen LogP contribution in [-0.4, -0.2) is 60.0 Å². The Kier molecular flexibility index (Phi) is 6.16. The first-order valence-electron chi connectivity index (χ1n) is 7.97. The molecule has 1 saturated heterocycles. The molecule has 0 unspecified atom stereocenters. The molecule has 3 rings (SSSR count). The summed E-state index contributed by atoms with van der Waals surface area (Å²) in [4.78, 5) is 16.9. The number of aromatic nitrogens is 2. The number of amides is 1. The summed E-state index contributed by atoms with van der Waals surface area (Å²) < 4.78 is 0.804. The second-order valence-electron chi connectivity index (χ2n) is 5.85. The Bertz CT molecular complexity index is 746. The summed E-state index contributed by atoms with van der Waals surface area (Å²) in [5, 5.41) is 12.5. The molecule has 0 atom stereocenters. The highest BCUT2D eigenvalue weighted by molar-refractivity contribution is 8.01. The third-order valence-electron chi connectivity index (χ3n) is 3.91. The van der Waals surface area contributed by atoms with Crippen LogP contribution in [0.1, 0.15) is 5.01 Å². The minimum Gasteiger partial charge on any atom is -0.366 e. The van der Waals surface area contributed by atoms with Crippen molar-refractivity contribution in [1.29, 1.82) is 0 Å². The van der Waals surface area contributed by atoms with E-state index in [1.54, 1.807) is 0 Å². The number of rotatable bonds is 5. The van der Waals surface area contributed by atoms with E-state index in [2.05, 4.69) is 32.4 Å². The number of halogens is 1. The number of carbonyl (C=O) groups is 1. The summed E-state index contributed by atoms with van der Waals surface area (Å²) in [6.45, 7) is 5.63. The minimum atomic E-state index is -0.0736. The lowest BCUT2D eigenvalue weighted by atomic mass is 10.2. The van der Waals surface area contributed by atoms with Gasteiger partial charge in [-0.2, -0.15) is 0 Å². The number of piperazine rings is 1. The molecule has 134 valence electrons. The van der Waals surface area contributed by atoms with E-state index in [4.69, 9.17) is 11.6 Å². The normalized spacial score (nSPS) is 15.4. The first-order chi connectivity index (χ1) is 12.0. The van der Waals surface area contributed by atoms with Crippen molar-refractivity contribution in [1.82, 2.24) is 15.1 Å². The average Bonchev–Trinajstić information content (AvgIpc) is 3.00. The Morgan fingerprint density at radius 3 is 2.76 bits per heavy atom. The number of likely N-dealkylation sites (N-methyl/N-ethyl adjacent to an activating group) is 1. The van der Waals surface area contributed by atoms with E-state index in [0.717, 1.165) is 46.9 Å². The SMILES string of the molecule is Cc1nnc(SCC(=O)Nc2cccc(Cl)c2N2CCN(C)CC2)s1. The smallest absolute Gasteiger partial charge is 0.234 e. The largest absolute Gasteiger partial charge is 0.366 e. The van der Waals surface area contributed by atoms with Gasteiger partial charge in [0, 0.05) is 26.2 Å². The first kappa shape index (κ1) is 18.4. The van der Waals surface area contributed by atoms with Gasteiger partial charge < -0.3 is 15.1 Å². The van der Waals surface area contributed by atoms with Gasteiger partial charge in [0.15, 0.2) is 4.34 Å². The molecule has 9 heteroatoms. The van der Waals surface area contributed by atoms with Crippen molar-refractivity contribution in [2.75, 3.05) is 49.2 Å². The predicted molar refractivity (Wildman–Crippen MR) is 105 cm³/mol. The number of aryl methyl sites for hydroxylation is 1. The maximum Gasteiger partial charge on any atom is 0.234 e. The Labute approximate surface area is 160 Å². The molecular weight excluding hydrogens is 378 g/mol. The fourth-order valence-corrected chi connectivity index (χ4v) is 4.53. The number of anilines is 2. The monoisotopic (exact) mass is 397 g/mol. The maximum atomic E-state index is 12.3. The molecule has 1 aliphatic rings. The lowest BCUT2D eigenvalue weighted by Gasteiger charge is -2.35. The predicted octanol–water partition coefficient (Wildman–Crippen LogP) is 2.98. The second-order valence-corrected chi connectivity index (χ2v) is 8.66. The number of nitrogens with one attached hydrogen (secondary N) is 1. The van der Waals surface area contributed by atoms with Gasteiger partial charge in [-0.3, -0.25) is 4.79 Å². The molecule has 1 aromatic carbocycles. The molecular formula is C16H20ClN5OS2. The van der Waals surface area contributed by atoms with Crippen molar-refractivity contribution < 1.29 is 4.79 Å². The van der Waals surface area contributed by atoms with Crippen LogP contribution in [0.25, 0.3) is 0 Å². The molecule has 6 nitrogen and oxygen atoms in total. The first-order valence-corrected chi connectivity index (χ1v) is 10.2. The zero-order valence-electron chi connectivity index (χ0n) is 14.2. The van der Waals surface area contributed by atoms with Gasteiger partial charge in [0.05, 0.1) is 22.2 Å². The molecule has 1 aliphatic heterocycles. The number of nitrogens with zero attached hydrogens (tertiary/aromatic N) is 4. The Hall–Kier alpha value is -1.35. The standard InChI is InChI=1S/C16H20ClN5OS2/c1-11-19-20-16(25-11)24-10-14(23)18-13-5-3-4-12(17)15(13)22-8-6-21(2)7-9-22/h3-5H,6-10H2,1-2H3,(H,18,23). The van der Waals surface area contributed by atoms with Crippen LogP contribution in [0.4, 0.5) is 11.4 Å². The Balaban J connectivity index is 1.67. The zero-order chi connectivity index (χ0) is 17.8. The summed E-state index contributed by atoms with van der Waals surface area (Å²) in [6, 6.07) is 5.62. The van der Waals surface area contributed by atoms with Crippen LogP contribution < -0.4 is 10.2 Å². The van der Waals surface area contributed by atoms with E-state index in [0.29, 0.717) is 10.8 Å². The molecule has 1 amide bonds. The molecule has 1 fully saturated rings. The number of benzene rings is 1. The summed E-state index contributed by atoms with van der Waals surface area (Å²) in [5.74, 6) is 0.221. The highest BCUT2D eigenvalue weighted by atomic mass is 35.5. The van der Waals surface area contributed by atoms with Gasteiger partial charge in [0.25, 0.3) is 0 Å². The fraction of sp³-hybridized carbons (Fsp3) is 0.438. The van der Waals surface area contributed by atoms with Gasteiger partial charge in [0.1, 0.15) is 5.01 Å². The molecule has 2 heterocycles. The number of hydrogen-bond donors (Lipinski definition) is 1. The molecule has 1 N–H and O–H groups in total. The third-order valence-corrected chi connectivity index (χ3v) is 6.19. The van der Waals surface area contributed by atoms with E-state index in [-0.39, 0.29) is 5.91 Å². The lowest BCUT2D eigenvalue weighted by molar-refractivity contribution is -0.113. The summed E-state index contributed by atoms with van der Waals surface area (Å²) in [7, 11) is 2.11. The highest BCUT2D eigenvalue weighted by Gasteiger charge is 2.20. The molecule has 1 aromatic heterocycles. The van der Waals surface area contributed by atoms with Crippen LogP contribution in [0.5, 0.6) is 0 Å². The summed E-state index contributed by atoms with van der Waals surface area (Å²) in [5.41, 5.74) is 1.67. The van der Waals surface area contributed by atoms with Crippen LogP contribution in [0.15, 0.2) is 22.5 Å². The van der Waals surface area contributed by atoms with Crippen molar-refractivity contribution in [3.63, 3.8) is 0 Å². The zero-order valence-corrected chi connectivity index (χ0v) is 16.5. The van der Waals surface area contributed by atoms with Crippen molar-refractivity contribution in [3.8, 4) is 0 Å². The van der Waals surface area contributed by atoms with Gasteiger partial charge in [0.2, 0.25) is 5.91 Å². The molecule has 0 radical (unpaired) electrons. The van der Waals surface area contributed by atoms with Gasteiger partial charge in [-0.25, -0.2) is 0 Å². The van der Waals surface area contributed by atoms with Crippen molar-refractivity contribution in [2.45, 2.75) is 11.3 Å². The second kappa shape index (κ2) is 8.35. The third kappa shape index (κ3) is 4.84. The van der Waals surface area contributed by atoms with Crippen molar-refractivity contribution in [3.05, 3.63) is 28.2 Å². The minimum absolute atomic E-state index is 0.0736. The van der Waals surface area contributed by atoms with E-state index in [1.807, 2.05) is 25.1 Å². The average molecular weight is 398 g/mol. The van der Waals surface area contributed by atoms with Gasteiger partial charge in [-0.15, -0.1) is 10.2 Å². The van der Waals surface area contributed by atoms with Gasteiger partial charge >= 0.3 is 0 Å². The summed E-state index contributed by atoms with van der Waals surface area (Å²) in [6.07, 6.45) is 0. The fourth-order valence-electron chi connectivity index (χ4n) is 2.62. The molecule has 25 heavy (non-hydrogen) atoms. The van der Waals surface area contributed by atoms with Gasteiger partial charge in [-0.1, -0.05) is 40.8 Å². The number of carbonyl (C=O) groups excluding carboxylic acids is 1. The molecule has 2 aromatic rings. The molecule has 0 spiro atoms. The van der Waals surface area contributed by atoms with Crippen LogP contribution in [0, 0.1) is 6.92 Å². The van der Waals surface area contributed by atoms with E-state index < -0.39 is 0 Å². The summed E-state index contributed by atoms with van der Waals surface area (Å²) >= 11 is 9.32. The number of hydrogen-bond acceptors (Lipinski definition) is 7. The quantitative estimate of drug-likeness (QED) is 0.782. The van der Waals surface area contributed by atoms with Crippen LogP contribution >= 0.6 is 34.7 Å². The number of thioether (sulfide) groups is 1. The van der Waals surface area contributed by atoms with Crippen LogP contribution in [-0.2, 0) is 4.79 Å². The molecule has 0 aliphatic carbocycles.